The lowest BCUT2D eigenvalue weighted by Gasteiger charge is -2.29. The van der Waals surface area contributed by atoms with Crippen molar-refractivity contribution in [3.05, 3.63) is 65.7 Å². The predicted molar refractivity (Wildman–Crippen MR) is 102 cm³/mol. The van der Waals surface area contributed by atoms with Crippen LogP contribution < -0.4 is 10.1 Å². The summed E-state index contributed by atoms with van der Waals surface area (Å²) in [7, 11) is 0. The summed E-state index contributed by atoms with van der Waals surface area (Å²) in [6.07, 6.45) is -4.39. The molecule has 0 saturated heterocycles. The van der Waals surface area contributed by atoms with Crippen LogP contribution in [0.4, 0.5) is 13.2 Å². The normalized spacial score (nSPS) is 12.6. The summed E-state index contributed by atoms with van der Waals surface area (Å²) in [4.78, 5) is 14.9. The summed E-state index contributed by atoms with van der Waals surface area (Å²) in [6, 6.07) is 15.4. The number of carbonyl (C=O) groups is 1. The minimum Gasteiger partial charge on any atom is -0.484 e. The molecule has 2 rings (SSSR count). The van der Waals surface area contributed by atoms with Gasteiger partial charge in [-0.15, -0.1) is 0 Å². The SMILES string of the molecule is CCN(CC)C(C(=O)NCc1cccc(OCC(F)(F)F)c1)c1ccccc1. The van der Waals surface area contributed by atoms with E-state index in [1.54, 1.807) is 12.1 Å². The smallest absolute Gasteiger partial charge is 0.422 e. The second kappa shape index (κ2) is 10.1. The first-order chi connectivity index (χ1) is 13.3. The molecule has 0 aliphatic rings. The van der Waals surface area contributed by atoms with Gasteiger partial charge in [-0.3, -0.25) is 9.69 Å². The van der Waals surface area contributed by atoms with Gasteiger partial charge in [0.1, 0.15) is 11.8 Å². The van der Waals surface area contributed by atoms with Crippen molar-refractivity contribution in [3.8, 4) is 5.75 Å². The van der Waals surface area contributed by atoms with Gasteiger partial charge in [0.05, 0.1) is 0 Å². The molecule has 28 heavy (non-hydrogen) atoms. The van der Waals surface area contributed by atoms with Crippen molar-refractivity contribution in [2.75, 3.05) is 19.7 Å². The van der Waals surface area contributed by atoms with Crippen LogP contribution >= 0.6 is 0 Å². The Labute approximate surface area is 163 Å². The topological polar surface area (TPSA) is 41.6 Å². The zero-order chi connectivity index (χ0) is 20.6. The van der Waals surface area contributed by atoms with Crippen LogP contribution in [0.1, 0.15) is 31.0 Å². The maximum absolute atomic E-state index is 12.9. The van der Waals surface area contributed by atoms with Crippen molar-refractivity contribution in [2.24, 2.45) is 0 Å². The number of rotatable bonds is 9. The highest BCUT2D eigenvalue weighted by atomic mass is 19.4. The average Bonchev–Trinajstić information content (AvgIpc) is 2.69. The largest absolute Gasteiger partial charge is 0.484 e. The second-order valence-corrected chi connectivity index (χ2v) is 6.30. The Morgan fingerprint density at radius 3 is 2.36 bits per heavy atom. The number of benzene rings is 2. The maximum Gasteiger partial charge on any atom is 0.422 e. The first-order valence-corrected chi connectivity index (χ1v) is 9.19. The summed E-state index contributed by atoms with van der Waals surface area (Å²) < 4.78 is 41.7. The van der Waals surface area contributed by atoms with Crippen LogP contribution in [0.2, 0.25) is 0 Å². The molecular weight excluding hydrogens is 369 g/mol. The Kier molecular flexibility index (Phi) is 7.87. The number of hydrogen-bond donors (Lipinski definition) is 1. The monoisotopic (exact) mass is 394 g/mol. The molecule has 1 N–H and O–H groups in total. The quantitative estimate of drug-likeness (QED) is 0.689. The molecule has 0 bridgehead atoms. The molecule has 0 spiro atoms. The van der Waals surface area contributed by atoms with Crippen molar-refractivity contribution in [1.82, 2.24) is 10.2 Å². The number of amides is 1. The fourth-order valence-corrected chi connectivity index (χ4v) is 2.95. The molecule has 2 aromatic rings. The van der Waals surface area contributed by atoms with E-state index in [1.165, 1.54) is 12.1 Å². The van der Waals surface area contributed by atoms with Gasteiger partial charge >= 0.3 is 6.18 Å². The number of hydrogen-bond acceptors (Lipinski definition) is 3. The van der Waals surface area contributed by atoms with Crippen molar-refractivity contribution in [3.63, 3.8) is 0 Å². The van der Waals surface area contributed by atoms with Crippen LogP contribution in [-0.2, 0) is 11.3 Å². The minimum absolute atomic E-state index is 0.118. The van der Waals surface area contributed by atoms with E-state index in [0.717, 1.165) is 5.56 Å². The average molecular weight is 394 g/mol. The summed E-state index contributed by atoms with van der Waals surface area (Å²) >= 11 is 0. The Hall–Kier alpha value is -2.54. The van der Waals surface area contributed by atoms with Gasteiger partial charge in [-0.1, -0.05) is 56.3 Å². The van der Waals surface area contributed by atoms with Crippen molar-refractivity contribution in [2.45, 2.75) is 32.6 Å². The first-order valence-electron chi connectivity index (χ1n) is 9.19. The van der Waals surface area contributed by atoms with Crippen LogP contribution in [0.3, 0.4) is 0 Å². The number of alkyl halides is 3. The number of halogens is 3. The number of nitrogens with zero attached hydrogens (tertiary/aromatic N) is 1. The molecule has 4 nitrogen and oxygen atoms in total. The zero-order valence-electron chi connectivity index (χ0n) is 16.0. The van der Waals surface area contributed by atoms with E-state index in [2.05, 4.69) is 5.32 Å². The Morgan fingerprint density at radius 2 is 1.75 bits per heavy atom. The fraction of sp³-hybridized carbons (Fsp3) is 0.381. The molecule has 152 valence electrons. The van der Waals surface area contributed by atoms with Crippen LogP contribution in [0.25, 0.3) is 0 Å². The van der Waals surface area contributed by atoms with Crippen molar-refractivity contribution >= 4 is 5.91 Å². The minimum atomic E-state index is -4.39. The van der Waals surface area contributed by atoms with Crippen LogP contribution in [0.15, 0.2) is 54.6 Å². The number of carbonyl (C=O) groups excluding carboxylic acids is 1. The molecule has 0 radical (unpaired) electrons. The van der Waals surface area contributed by atoms with Gasteiger partial charge in [0.25, 0.3) is 0 Å². The van der Waals surface area contributed by atoms with Gasteiger partial charge in [-0.25, -0.2) is 0 Å². The summed E-state index contributed by atoms with van der Waals surface area (Å²) in [5, 5.41) is 2.89. The Balaban J connectivity index is 2.06. The third kappa shape index (κ3) is 6.56. The highest BCUT2D eigenvalue weighted by Gasteiger charge is 2.28. The summed E-state index contributed by atoms with van der Waals surface area (Å²) in [5.41, 5.74) is 1.56. The molecule has 2 aromatic carbocycles. The molecule has 1 atom stereocenters. The highest BCUT2D eigenvalue weighted by Crippen LogP contribution is 2.22. The lowest BCUT2D eigenvalue weighted by atomic mass is 10.0. The van der Waals surface area contributed by atoms with Gasteiger partial charge in [0.15, 0.2) is 6.61 Å². The zero-order valence-corrected chi connectivity index (χ0v) is 16.0. The molecule has 7 heteroatoms. The lowest BCUT2D eigenvalue weighted by molar-refractivity contribution is -0.153. The third-order valence-corrected chi connectivity index (χ3v) is 4.31. The second-order valence-electron chi connectivity index (χ2n) is 6.30. The van der Waals surface area contributed by atoms with E-state index < -0.39 is 18.8 Å². The predicted octanol–water partition coefficient (Wildman–Crippen LogP) is 4.33. The molecule has 0 aliphatic carbocycles. The summed E-state index contributed by atoms with van der Waals surface area (Å²) in [6.45, 7) is 4.27. The van der Waals surface area contributed by atoms with Gasteiger partial charge in [-0.05, 0) is 36.3 Å². The van der Waals surface area contributed by atoms with Gasteiger partial charge < -0.3 is 10.1 Å². The van der Waals surface area contributed by atoms with Crippen LogP contribution in [0, 0.1) is 0 Å². The van der Waals surface area contributed by atoms with Crippen LogP contribution in [0.5, 0.6) is 5.75 Å². The Bertz CT molecular complexity index is 747. The molecule has 1 amide bonds. The van der Waals surface area contributed by atoms with E-state index in [0.29, 0.717) is 18.7 Å². The molecule has 1 unspecified atom stereocenters. The molecular formula is C21H25F3N2O2. The molecule has 0 fully saturated rings. The van der Waals surface area contributed by atoms with Gasteiger partial charge in [-0.2, -0.15) is 13.2 Å². The van der Waals surface area contributed by atoms with E-state index in [1.807, 2.05) is 49.1 Å². The number of ether oxygens (including phenoxy) is 1. The van der Waals surface area contributed by atoms with Crippen molar-refractivity contribution in [1.29, 1.82) is 0 Å². The number of likely N-dealkylation sites (N-methyl/N-ethyl adjacent to an activating group) is 1. The van der Waals surface area contributed by atoms with Crippen LogP contribution in [-0.4, -0.2) is 36.7 Å². The molecule has 0 aliphatic heterocycles. The van der Waals surface area contributed by atoms with Gasteiger partial charge in [0, 0.05) is 6.54 Å². The van der Waals surface area contributed by atoms with Gasteiger partial charge in [0.2, 0.25) is 5.91 Å². The first kappa shape index (κ1) is 21.8. The highest BCUT2D eigenvalue weighted by molar-refractivity contribution is 5.83. The van der Waals surface area contributed by atoms with E-state index in [-0.39, 0.29) is 18.2 Å². The lowest BCUT2D eigenvalue weighted by Crippen LogP contribution is -2.40. The van der Waals surface area contributed by atoms with E-state index in [9.17, 15) is 18.0 Å². The molecule has 0 saturated carbocycles. The molecule has 0 aromatic heterocycles. The third-order valence-electron chi connectivity index (χ3n) is 4.31. The van der Waals surface area contributed by atoms with E-state index in [4.69, 9.17) is 4.74 Å². The Morgan fingerprint density at radius 1 is 1.07 bits per heavy atom. The number of nitrogens with one attached hydrogen (secondary N) is 1. The van der Waals surface area contributed by atoms with E-state index >= 15 is 0 Å². The summed E-state index contributed by atoms with van der Waals surface area (Å²) in [5.74, 6) is -0.0380. The van der Waals surface area contributed by atoms with Crippen molar-refractivity contribution < 1.29 is 22.7 Å². The fourth-order valence-electron chi connectivity index (χ4n) is 2.95. The molecule has 0 heterocycles. The standard InChI is InChI=1S/C21H25F3N2O2/c1-3-26(4-2)19(17-10-6-5-7-11-17)20(27)25-14-16-9-8-12-18(13-16)28-15-21(22,23)24/h5-13,19H,3-4,14-15H2,1-2H3,(H,25,27). The maximum atomic E-state index is 12.9.